The van der Waals surface area contributed by atoms with E-state index in [-0.39, 0.29) is 0 Å². The highest BCUT2D eigenvalue weighted by molar-refractivity contribution is 8.14. The lowest BCUT2D eigenvalue weighted by Gasteiger charge is -2.21. The molecule has 1 N–H and O–H groups in total. The predicted molar refractivity (Wildman–Crippen MR) is 78.9 cm³/mol. The molecule has 1 unspecified atom stereocenters. The van der Waals surface area contributed by atoms with Crippen LogP contribution in [0.4, 0.5) is 0 Å². The van der Waals surface area contributed by atoms with Crippen LogP contribution in [0, 0.1) is 5.41 Å². The molecule has 1 aliphatic heterocycles. The Hall–Kier alpha value is -0.220. The van der Waals surface area contributed by atoms with Gasteiger partial charge in [-0.3, -0.25) is 4.99 Å². The summed E-state index contributed by atoms with van der Waals surface area (Å²) >= 11 is 1.92. The Morgan fingerprint density at radius 3 is 2.71 bits per heavy atom. The highest BCUT2D eigenvalue weighted by Gasteiger charge is 2.24. The lowest BCUT2D eigenvalue weighted by atomic mass is 9.90. The molecular weight excluding hydrogens is 230 g/mol. The first-order chi connectivity index (χ1) is 7.87. The average Bonchev–Trinajstić information content (AvgIpc) is 2.57. The van der Waals surface area contributed by atoms with Gasteiger partial charge in [0, 0.05) is 11.8 Å². The number of nitrogens with one attached hydrogen (secondary N) is 1. The van der Waals surface area contributed by atoms with Gasteiger partial charge in [0.2, 0.25) is 0 Å². The summed E-state index contributed by atoms with van der Waals surface area (Å²) in [5.41, 5.74) is 0.410. The zero-order valence-electron chi connectivity index (χ0n) is 11.9. The van der Waals surface area contributed by atoms with E-state index in [2.05, 4.69) is 50.1 Å². The van der Waals surface area contributed by atoms with Crippen molar-refractivity contribution in [1.29, 1.82) is 0 Å². The van der Waals surface area contributed by atoms with Gasteiger partial charge in [-0.05, 0) is 38.9 Å². The third-order valence-electron chi connectivity index (χ3n) is 2.62. The van der Waals surface area contributed by atoms with Crippen LogP contribution in [0.2, 0.25) is 0 Å². The highest BCUT2D eigenvalue weighted by atomic mass is 32.2. The molecule has 1 atom stereocenters. The molecule has 0 saturated heterocycles. The molecule has 100 valence electrons. The molecule has 0 fully saturated rings. The number of hydrogen-bond acceptors (Lipinski definition) is 4. The molecule has 1 heterocycles. The summed E-state index contributed by atoms with van der Waals surface area (Å²) in [6, 6.07) is 0. The normalized spacial score (nSPS) is 20.8. The minimum atomic E-state index is 0.410. The summed E-state index contributed by atoms with van der Waals surface area (Å²) in [6.45, 7) is 10.1. The molecule has 4 heteroatoms. The second kappa shape index (κ2) is 6.64. The molecule has 0 aromatic heterocycles. The van der Waals surface area contributed by atoms with Crippen LogP contribution in [0.25, 0.3) is 0 Å². The van der Waals surface area contributed by atoms with Gasteiger partial charge in [0.15, 0.2) is 5.17 Å². The van der Waals surface area contributed by atoms with Gasteiger partial charge in [-0.15, -0.1) is 0 Å². The van der Waals surface area contributed by atoms with Crippen molar-refractivity contribution < 1.29 is 0 Å². The van der Waals surface area contributed by atoms with Crippen LogP contribution in [0.1, 0.15) is 33.6 Å². The van der Waals surface area contributed by atoms with E-state index in [9.17, 15) is 0 Å². The monoisotopic (exact) mass is 257 g/mol. The van der Waals surface area contributed by atoms with Crippen LogP contribution in [-0.2, 0) is 0 Å². The number of amidine groups is 1. The first-order valence-electron chi connectivity index (χ1n) is 6.46. The largest absolute Gasteiger partial charge is 0.365 e. The minimum absolute atomic E-state index is 0.410. The summed E-state index contributed by atoms with van der Waals surface area (Å²) in [4.78, 5) is 6.79. The molecule has 1 aliphatic rings. The Bertz CT molecular complexity index is 256. The Labute approximate surface area is 110 Å². The van der Waals surface area contributed by atoms with Crippen molar-refractivity contribution >= 4 is 16.9 Å². The quantitative estimate of drug-likeness (QED) is 0.767. The lowest BCUT2D eigenvalue weighted by molar-refractivity contribution is 0.375. The zero-order chi connectivity index (χ0) is 12.9. The molecule has 0 aliphatic carbocycles. The van der Waals surface area contributed by atoms with Crippen molar-refractivity contribution in [2.75, 3.05) is 33.7 Å². The van der Waals surface area contributed by atoms with Gasteiger partial charge >= 0.3 is 0 Å². The van der Waals surface area contributed by atoms with Gasteiger partial charge in [0.1, 0.15) is 0 Å². The van der Waals surface area contributed by atoms with E-state index in [1.807, 2.05) is 11.8 Å². The summed E-state index contributed by atoms with van der Waals surface area (Å²) in [5, 5.41) is 5.26. The van der Waals surface area contributed by atoms with Gasteiger partial charge in [0.25, 0.3) is 0 Å². The minimum Gasteiger partial charge on any atom is -0.365 e. The topological polar surface area (TPSA) is 27.6 Å². The van der Waals surface area contributed by atoms with E-state index in [1.54, 1.807) is 0 Å². The van der Waals surface area contributed by atoms with Crippen molar-refractivity contribution in [3.63, 3.8) is 0 Å². The van der Waals surface area contributed by atoms with Crippen molar-refractivity contribution in [2.45, 2.75) is 38.9 Å². The van der Waals surface area contributed by atoms with Gasteiger partial charge in [-0.1, -0.05) is 32.5 Å². The Morgan fingerprint density at radius 1 is 1.41 bits per heavy atom. The standard InChI is InChI=1S/C13H27N3S/c1-13(2,3)9-11-10-15-12(17-11)14-7-6-8-16(4)5/h11H,6-10H2,1-5H3,(H,14,15). The molecule has 1 rings (SSSR count). The fourth-order valence-electron chi connectivity index (χ4n) is 1.89. The molecule has 3 nitrogen and oxygen atoms in total. The number of nitrogens with zero attached hydrogens (tertiary/aromatic N) is 2. The summed E-state index contributed by atoms with van der Waals surface area (Å²) < 4.78 is 0. The van der Waals surface area contributed by atoms with E-state index in [0.717, 1.165) is 24.8 Å². The van der Waals surface area contributed by atoms with Crippen molar-refractivity contribution in [2.24, 2.45) is 10.4 Å². The molecule has 0 aromatic carbocycles. The fourth-order valence-corrected chi connectivity index (χ4v) is 3.28. The van der Waals surface area contributed by atoms with Gasteiger partial charge in [-0.25, -0.2) is 0 Å². The van der Waals surface area contributed by atoms with Crippen LogP contribution < -0.4 is 5.32 Å². The Kier molecular flexibility index (Phi) is 5.80. The van der Waals surface area contributed by atoms with E-state index in [4.69, 9.17) is 0 Å². The molecule has 0 spiro atoms. The zero-order valence-corrected chi connectivity index (χ0v) is 12.7. The smallest absolute Gasteiger partial charge is 0.156 e. The van der Waals surface area contributed by atoms with Gasteiger partial charge < -0.3 is 10.2 Å². The van der Waals surface area contributed by atoms with Crippen LogP contribution in [0.15, 0.2) is 4.99 Å². The number of hydrogen-bond donors (Lipinski definition) is 1. The average molecular weight is 257 g/mol. The van der Waals surface area contributed by atoms with Gasteiger partial charge in [0.05, 0.1) is 6.54 Å². The lowest BCUT2D eigenvalue weighted by Crippen LogP contribution is -2.25. The molecule has 0 bridgehead atoms. The predicted octanol–water partition coefficient (Wildman–Crippen LogP) is 2.44. The number of aliphatic imine (C=N–C) groups is 1. The number of rotatable bonds is 5. The van der Waals surface area contributed by atoms with E-state index in [0.29, 0.717) is 10.7 Å². The molecular formula is C13H27N3S. The third kappa shape index (κ3) is 6.94. The maximum atomic E-state index is 4.57. The maximum absolute atomic E-state index is 4.57. The summed E-state index contributed by atoms with van der Waals surface area (Å²) in [6.07, 6.45) is 2.42. The van der Waals surface area contributed by atoms with E-state index < -0.39 is 0 Å². The fraction of sp³-hybridized carbons (Fsp3) is 0.923. The first-order valence-corrected chi connectivity index (χ1v) is 7.34. The highest BCUT2D eigenvalue weighted by Crippen LogP contribution is 2.31. The molecule has 0 amide bonds. The molecule has 0 aromatic rings. The summed E-state index contributed by atoms with van der Waals surface area (Å²) in [5.74, 6) is 0. The van der Waals surface area contributed by atoms with E-state index >= 15 is 0 Å². The van der Waals surface area contributed by atoms with Crippen molar-refractivity contribution in [1.82, 2.24) is 10.2 Å². The van der Waals surface area contributed by atoms with Crippen LogP contribution in [-0.4, -0.2) is 49.0 Å². The maximum Gasteiger partial charge on any atom is 0.156 e. The molecule has 0 saturated carbocycles. The Morgan fingerprint density at radius 2 is 2.12 bits per heavy atom. The number of thioether (sulfide) groups is 1. The first kappa shape index (κ1) is 14.8. The molecule has 0 radical (unpaired) electrons. The molecule has 17 heavy (non-hydrogen) atoms. The van der Waals surface area contributed by atoms with Crippen LogP contribution >= 0.6 is 11.8 Å². The third-order valence-corrected chi connectivity index (χ3v) is 3.76. The second-order valence-electron chi connectivity index (χ2n) is 6.23. The van der Waals surface area contributed by atoms with Crippen LogP contribution in [0.5, 0.6) is 0 Å². The van der Waals surface area contributed by atoms with Crippen molar-refractivity contribution in [3.8, 4) is 0 Å². The Balaban J connectivity index is 2.13. The van der Waals surface area contributed by atoms with Crippen molar-refractivity contribution in [3.05, 3.63) is 0 Å². The van der Waals surface area contributed by atoms with Crippen LogP contribution in [0.3, 0.4) is 0 Å². The SMILES string of the molecule is CN(C)CCCNC1=NCC(CC(C)(C)C)S1. The van der Waals surface area contributed by atoms with Gasteiger partial charge in [-0.2, -0.15) is 0 Å². The summed E-state index contributed by atoms with van der Waals surface area (Å²) in [7, 11) is 4.22. The second-order valence-corrected chi connectivity index (χ2v) is 7.52. The van der Waals surface area contributed by atoms with E-state index in [1.165, 1.54) is 12.8 Å².